The first-order chi connectivity index (χ1) is 8.37. The maximum absolute atomic E-state index is 11.8. The highest BCUT2D eigenvalue weighted by atomic mass is 35.5. The van der Waals surface area contributed by atoms with Crippen LogP contribution in [0, 0.1) is 5.92 Å². The molecule has 7 heteroatoms. The van der Waals surface area contributed by atoms with E-state index in [4.69, 9.17) is 11.6 Å². The van der Waals surface area contributed by atoms with Crippen LogP contribution in [0.4, 0.5) is 5.69 Å². The molecule has 1 saturated heterocycles. The van der Waals surface area contributed by atoms with Gasteiger partial charge in [-0.1, -0.05) is 11.6 Å². The number of anilines is 1. The summed E-state index contributed by atoms with van der Waals surface area (Å²) in [7, 11) is -3.08. The van der Waals surface area contributed by atoms with E-state index >= 15 is 0 Å². The first-order valence-electron chi connectivity index (χ1n) is 5.37. The Balaban J connectivity index is 2.06. The van der Waals surface area contributed by atoms with Crippen LogP contribution in [0.15, 0.2) is 18.2 Å². The summed E-state index contributed by atoms with van der Waals surface area (Å²) in [6, 6.07) is 4.32. The highest BCUT2D eigenvalue weighted by Crippen LogP contribution is 2.27. The molecule has 1 fully saturated rings. The maximum Gasteiger partial charge on any atom is 0.228 e. The Kier molecular flexibility index (Phi) is 3.49. The minimum Gasteiger partial charge on any atom is -0.506 e. The SMILES string of the molecule is O=C(Nc1ccc(Cl)c(O)c1)C1CCS(=O)(=O)C1. The van der Waals surface area contributed by atoms with Crippen molar-refractivity contribution >= 4 is 33.0 Å². The van der Waals surface area contributed by atoms with Crippen LogP contribution >= 0.6 is 11.6 Å². The summed E-state index contributed by atoms with van der Waals surface area (Å²) >= 11 is 5.64. The van der Waals surface area contributed by atoms with Crippen molar-refractivity contribution in [1.82, 2.24) is 0 Å². The van der Waals surface area contributed by atoms with Crippen LogP contribution < -0.4 is 5.32 Å². The predicted octanol–water partition coefficient (Wildman–Crippen LogP) is 1.42. The molecule has 0 spiro atoms. The van der Waals surface area contributed by atoms with Crippen molar-refractivity contribution in [3.8, 4) is 5.75 Å². The summed E-state index contributed by atoms with van der Waals surface area (Å²) in [6.07, 6.45) is 0.341. The van der Waals surface area contributed by atoms with Crippen molar-refractivity contribution in [1.29, 1.82) is 0 Å². The van der Waals surface area contributed by atoms with Gasteiger partial charge in [-0.15, -0.1) is 0 Å². The minimum absolute atomic E-state index is 0.0525. The van der Waals surface area contributed by atoms with Gasteiger partial charge < -0.3 is 10.4 Å². The molecule has 2 N–H and O–H groups in total. The zero-order valence-electron chi connectivity index (χ0n) is 9.39. The number of carbonyl (C=O) groups is 1. The van der Waals surface area contributed by atoms with Gasteiger partial charge in [-0.2, -0.15) is 0 Å². The molecule has 0 aliphatic carbocycles. The lowest BCUT2D eigenvalue weighted by Gasteiger charge is -2.10. The Morgan fingerprint density at radius 1 is 1.44 bits per heavy atom. The third-order valence-electron chi connectivity index (χ3n) is 2.82. The topological polar surface area (TPSA) is 83.5 Å². The van der Waals surface area contributed by atoms with Crippen molar-refractivity contribution < 1.29 is 18.3 Å². The van der Waals surface area contributed by atoms with Gasteiger partial charge in [-0.25, -0.2) is 8.42 Å². The average Bonchev–Trinajstić information content (AvgIpc) is 2.64. The van der Waals surface area contributed by atoms with Gasteiger partial charge in [-0.3, -0.25) is 4.79 Å². The molecule has 1 aromatic carbocycles. The van der Waals surface area contributed by atoms with E-state index in [1.165, 1.54) is 12.1 Å². The first kappa shape index (κ1) is 13.2. The van der Waals surface area contributed by atoms with E-state index in [-0.39, 0.29) is 28.2 Å². The molecule has 2 rings (SSSR count). The molecule has 18 heavy (non-hydrogen) atoms. The highest BCUT2D eigenvalue weighted by molar-refractivity contribution is 7.91. The Hall–Kier alpha value is -1.27. The number of carbonyl (C=O) groups excluding carboxylic acids is 1. The van der Waals surface area contributed by atoms with E-state index in [1.807, 2.05) is 0 Å². The molecule has 0 bridgehead atoms. The van der Waals surface area contributed by atoms with Crippen LogP contribution in [-0.4, -0.2) is 30.9 Å². The van der Waals surface area contributed by atoms with E-state index in [0.717, 1.165) is 0 Å². The Labute approximate surface area is 110 Å². The molecule has 1 heterocycles. The Bertz CT molecular complexity index is 585. The van der Waals surface area contributed by atoms with E-state index in [9.17, 15) is 18.3 Å². The number of phenolic OH excluding ortho intramolecular Hbond substituents is 1. The van der Waals surface area contributed by atoms with Crippen LogP contribution in [0.2, 0.25) is 5.02 Å². The lowest BCUT2D eigenvalue weighted by atomic mass is 10.1. The van der Waals surface area contributed by atoms with Gasteiger partial charge in [0, 0.05) is 11.8 Å². The molecule has 5 nitrogen and oxygen atoms in total. The molecule has 0 radical (unpaired) electrons. The van der Waals surface area contributed by atoms with Crippen LogP contribution in [0.25, 0.3) is 0 Å². The molecule has 0 saturated carbocycles. The fraction of sp³-hybridized carbons (Fsp3) is 0.364. The lowest BCUT2D eigenvalue weighted by molar-refractivity contribution is -0.119. The van der Waals surface area contributed by atoms with Gasteiger partial charge in [0.1, 0.15) is 5.75 Å². The fourth-order valence-corrected chi connectivity index (χ4v) is 3.70. The van der Waals surface area contributed by atoms with Gasteiger partial charge in [0.25, 0.3) is 0 Å². The second kappa shape index (κ2) is 4.78. The number of rotatable bonds is 2. The number of hydrogen-bond acceptors (Lipinski definition) is 4. The van der Waals surface area contributed by atoms with Gasteiger partial charge in [0.2, 0.25) is 5.91 Å². The summed E-state index contributed by atoms with van der Waals surface area (Å²) in [5, 5.41) is 12.1. The molecule has 1 amide bonds. The summed E-state index contributed by atoms with van der Waals surface area (Å²) in [5.74, 6) is -1.06. The zero-order chi connectivity index (χ0) is 13.3. The van der Waals surface area contributed by atoms with E-state index in [2.05, 4.69) is 5.32 Å². The molecule has 0 aromatic heterocycles. The van der Waals surface area contributed by atoms with Crippen molar-refractivity contribution in [2.45, 2.75) is 6.42 Å². The number of aromatic hydroxyl groups is 1. The van der Waals surface area contributed by atoms with Crippen molar-refractivity contribution in [3.63, 3.8) is 0 Å². The number of phenols is 1. The largest absolute Gasteiger partial charge is 0.506 e. The summed E-state index contributed by atoms with van der Waals surface area (Å²) < 4.78 is 22.5. The van der Waals surface area contributed by atoms with Crippen LogP contribution in [-0.2, 0) is 14.6 Å². The third-order valence-corrected chi connectivity index (χ3v) is 4.90. The molecule has 1 atom stereocenters. The summed E-state index contributed by atoms with van der Waals surface area (Å²) in [4.78, 5) is 11.8. The first-order valence-corrected chi connectivity index (χ1v) is 7.57. The number of halogens is 1. The smallest absolute Gasteiger partial charge is 0.228 e. The summed E-state index contributed by atoms with van der Waals surface area (Å²) in [5.41, 5.74) is 0.395. The number of sulfone groups is 1. The number of hydrogen-bond donors (Lipinski definition) is 2. The van der Waals surface area contributed by atoms with E-state index < -0.39 is 15.8 Å². The van der Waals surface area contributed by atoms with Crippen LogP contribution in [0.5, 0.6) is 5.75 Å². The molecular weight excluding hydrogens is 278 g/mol. The normalized spacial score (nSPS) is 21.7. The highest BCUT2D eigenvalue weighted by Gasteiger charge is 2.32. The van der Waals surface area contributed by atoms with Crippen LogP contribution in [0.1, 0.15) is 6.42 Å². The van der Waals surface area contributed by atoms with Crippen molar-refractivity contribution in [2.24, 2.45) is 5.92 Å². The van der Waals surface area contributed by atoms with Crippen LogP contribution in [0.3, 0.4) is 0 Å². The second-order valence-corrected chi connectivity index (χ2v) is 6.89. The molecule has 98 valence electrons. The fourth-order valence-electron chi connectivity index (χ4n) is 1.84. The van der Waals surface area contributed by atoms with Crippen molar-refractivity contribution in [2.75, 3.05) is 16.8 Å². The molecular formula is C11H12ClNO4S. The molecule has 1 aliphatic heterocycles. The molecule has 1 aliphatic rings. The third kappa shape index (κ3) is 2.94. The zero-order valence-corrected chi connectivity index (χ0v) is 11.0. The second-order valence-electron chi connectivity index (χ2n) is 4.26. The van der Waals surface area contributed by atoms with Gasteiger partial charge in [-0.05, 0) is 18.6 Å². The number of amides is 1. The van der Waals surface area contributed by atoms with E-state index in [1.54, 1.807) is 6.07 Å². The molecule has 1 aromatic rings. The van der Waals surface area contributed by atoms with E-state index in [0.29, 0.717) is 12.1 Å². The Morgan fingerprint density at radius 3 is 2.72 bits per heavy atom. The number of benzene rings is 1. The molecule has 1 unspecified atom stereocenters. The monoisotopic (exact) mass is 289 g/mol. The Morgan fingerprint density at radius 2 is 2.17 bits per heavy atom. The lowest BCUT2D eigenvalue weighted by Crippen LogP contribution is -2.23. The average molecular weight is 290 g/mol. The predicted molar refractivity (Wildman–Crippen MR) is 68.5 cm³/mol. The quantitative estimate of drug-likeness (QED) is 0.862. The minimum atomic E-state index is -3.08. The summed E-state index contributed by atoms with van der Waals surface area (Å²) in [6.45, 7) is 0. The standard InChI is InChI=1S/C11H12ClNO4S/c12-9-2-1-8(5-10(9)14)13-11(15)7-3-4-18(16,17)6-7/h1-2,5,7,14H,3-4,6H2,(H,13,15). The maximum atomic E-state index is 11.8. The number of nitrogens with one attached hydrogen (secondary N) is 1. The van der Waals surface area contributed by atoms with Gasteiger partial charge in [0.15, 0.2) is 9.84 Å². The van der Waals surface area contributed by atoms with Gasteiger partial charge >= 0.3 is 0 Å². The van der Waals surface area contributed by atoms with Crippen molar-refractivity contribution in [3.05, 3.63) is 23.2 Å². The van der Waals surface area contributed by atoms with Gasteiger partial charge in [0.05, 0.1) is 22.4 Å².